The number of nitrogens with one attached hydrogen (secondary N) is 4. The molecule has 0 spiro atoms. The normalized spacial score (nSPS) is 23.6. The van der Waals surface area contributed by atoms with Crippen molar-refractivity contribution in [1.82, 2.24) is 26.2 Å². The molecule has 2 aliphatic rings. The van der Waals surface area contributed by atoms with Gasteiger partial charge in [-0.15, -0.1) is 11.8 Å². The van der Waals surface area contributed by atoms with Crippen LogP contribution in [0.2, 0.25) is 0 Å². The number of hydrogen-bond acceptors (Lipinski definition) is 6. The Bertz CT molecular complexity index is 831. The summed E-state index contributed by atoms with van der Waals surface area (Å²) in [7, 11) is 0. The van der Waals surface area contributed by atoms with Gasteiger partial charge in [-0.05, 0) is 43.5 Å². The zero-order valence-corrected chi connectivity index (χ0v) is 18.0. The third-order valence-corrected chi connectivity index (χ3v) is 6.05. The Morgan fingerprint density at radius 1 is 1.13 bits per heavy atom. The fourth-order valence-electron chi connectivity index (χ4n) is 3.47. The Balaban J connectivity index is 1.60. The summed E-state index contributed by atoms with van der Waals surface area (Å²) in [6.07, 6.45) is 2.24. The van der Waals surface area contributed by atoms with E-state index in [0.29, 0.717) is 0 Å². The smallest absolute Gasteiger partial charge is 0.252 e. The van der Waals surface area contributed by atoms with Crippen molar-refractivity contribution in [3.05, 3.63) is 35.6 Å². The van der Waals surface area contributed by atoms with Crippen LogP contribution in [0.25, 0.3) is 0 Å². The minimum Gasteiger partial charge on any atom is -0.342 e. The van der Waals surface area contributed by atoms with Gasteiger partial charge in [0.25, 0.3) is 5.91 Å². The fraction of sp³-hybridized carbons (Fsp3) is 0.500. The van der Waals surface area contributed by atoms with E-state index in [1.807, 2.05) is 4.90 Å². The minimum atomic E-state index is -1.09. The molecule has 31 heavy (non-hydrogen) atoms. The molecule has 3 unspecified atom stereocenters. The lowest BCUT2D eigenvalue weighted by molar-refractivity contribution is -0.130. The van der Waals surface area contributed by atoms with Gasteiger partial charge >= 0.3 is 0 Å². The summed E-state index contributed by atoms with van der Waals surface area (Å²) in [6.45, 7) is 2.79. The molecule has 2 heterocycles. The summed E-state index contributed by atoms with van der Waals surface area (Å²) >= 11 is 1.21. The van der Waals surface area contributed by atoms with E-state index in [0.717, 1.165) is 44.5 Å². The molecular formula is C20H26FN5O4S. The van der Waals surface area contributed by atoms with Crippen LogP contribution in [0.15, 0.2) is 24.3 Å². The molecule has 0 radical (unpaired) electrons. The van der Waals surface area contributed by atoms with Crippen molar-refractivity contribution in [2.75, 3.05) is 18.8 Å². The van der Waals surface area contributed by atoms with Gasteiger partial charge in [-0.3, -0.25) is 24.5 Å². The summed E-state index contributed by atoms with van der Waals surface area (Å²) in [6, 6.07) is 3.81. The zero-order valence-electron chi connectivity index (χ0n) is 17.2. The van der Waals surface area contributed by atoms with Crippen LogP contribution in [-0.2, 0) is 14.4 Å². The van der Waals surface area contributed by atoms with Crippen LogP contribution in [0, 0.1) is 5.82 Å². The molecule has 2 fully saturated rings. The van der Waals surface area contributed by atoms with Crippen molar-refractivity contribution in [1.29, 1.82) is 0 Å². The second kappa shape index (κ2) is 10.6. The maximum Gasteiger partial charge on any atom is 0.252 e. The molecule has 4 amide bonds. The first-order chi connectivity index (χ1) is 14.8. The highest BCUT2D eigenvalue weighted by molar-refractivity contribution is 8.00. The third kappa shape index (κ3) is 6.41. The lowest BCUT2D eigenvalue weighted by Gasteiger charge is -2.37. The molecule has 11 heteroatoms. The molecular weight excluding hydrogens is 425 g/mol. The van der Waals surface area contributed by atoms with E-state index in [1.165, 1.54) is 30.8 Å². The molecule has 2 saturated heterocycles. The van der Waals surface area contributed by atoms with Crippen LogP contribution in [0.4, 0.5) is 4.39 Å². The minimum absolute atomic E-state index is 0.00330. The highest BCUT2D eigenvalue weighted by atomic mass is 32.2. The fourth-order valence-corrected chi connectivity index (χ4v) is 4.40. The largest absolute Gasteiger partial charge is 0.342 e. The number of carbonyl (C=O) groups is 4. The number of hydrogen-bond donors (Lipinski definition) is 4. The van der Waals surface area contributed by atoms with Crippen LogP contribution in [0.1, 0.15) is 36.5 Å². The van der Waals surface area contributed by atoms with Crippen molar-refractivity contribution in [3.63, 3.8) is 0 Å². The van der Waals surface area contributed by atoms with Crippen LogP contribution in [0.3, 0.4) is 0 Å². The molecule has 4 N–H and O–H groups in total. The average Bonchev–Trinajstić information content (AvgIpc) is 2.75. The Morgan fingerprint density at radius 3 is 2.45 bits per heavy atom. The first kappa shape index (κ1) is 23.0. The molecule has 1 aromatic carbocycles. The summed E-state index contributed by atoms with van der Waals surface area (Å²) < 4.78 is 13.1. The first-order valence-electron chi connectivity index (χ1n) is 10.1. The van der Waals surface area contributed by atoms with Crippen LogP contribution in [-0.4, -0.2) is 65.1 Å². The van der Waals surface area contributed by atoms with Gasteiger partial charge in [0.2, 0.25) is 17.7 Å². The van der Waals surface area contributed by atoms with Gasteiger partial charge in [0, 0.05) is 25.6 Å². The second-order valence-corrected chi connectivity index (χ2v) is 8.54. The molecule has 9 nitrogen and oxygen atoms in total. The van der Waals surface area contributed by atoms with E-state index in [4.69, 9.17) is 0 Å². The standard InChI is InChI=1S/C20H26FN5O4S/c1-12(27)22-17-16(23-18(29)13-5-7-14(21)8-6-13)19(30)25-20(24-17)31-11-15(28)26-9-3-2-4-10-26/h5-8,16-17,20,24H,2-4,9-11H2,1H3,(H,22,27)(H,23,29)(H,25,30). The quantitative estimate of drug-likeness (QED) is 0.488. The molecule has 0 bridgehead atoms. The predicted molar refractivity (Wildman–Crippen MR) is 113 cm³/mol. The molecule has 0 aromatic heterocycles. The average molecular weight is 452 g/mol. The Labute approximate surface area is 183 Å². The van der Waals surface area contributed by atoms with Gasteiger partial charge in [-0.1, -0.05) is 0 Å². The van der Waals surface area contributed by atoms with E-state index in [1.54, 1.807) is 0 Å². The Morgan fingerprint density at radius 2 is 1.81 bits per heavy atom. The third-order valence-electron chi connectivity index (χ3n) is 5.05. The van der Waals surface area contributed by atoms with E-state index < -0.39 is 35.3 Å². The number of amides is 4. The van der Waals surface area contributed by atoms with Crippen molar-refractivity contribution in [2.24, 2.45) is 0 Å². The summed E-state index contributed by atoms with van der Waals surface area (Å²) in [5, 5.41) is 10.9. The van der Waals surface area contributed by atoms with Gasteiger partial charge in [0.15, 0.2) is 0 Å². The van der Waals surface area contributed by atoms with E-state index in [9.17, 15) is 23.6 Å². The molecule has 2 aliphatic heterocycles. The Hall–Kier alpha value is -2.66. The van der Waals surface area contributed by atoms with E-state index in [2.05, 4.69) is 21.3 Å². The van der Waals surface area contributed by atoms with Gasteiger partial charge in [0.1, 0.15) is 23.5 Å². The summed E-state index contributed by atoms with van der Waals surface area (Å²) in [5.41, 5.74) is -0.434. The van der Waals surface area contributed by atoms with Crippen LogP contribution >= 0.6 is 11.8 Å². The number of carbonyl (C=O) groups excluding carboxylic acids is 4. The number of benzene rings is 1. The van der Waals surface area contributed by atoms with Crippen LogP contribution in [0.5, 0.6) is 0 Å². The molecule has 0 aliphatic carbocycles. The maximum absolute atomic E-state index is 13.1. The number of rotatable bonds is 6. The van der Waals surface area contributed by atoms with Crippen LogP contribution < -0.4 is 21.3 Å². The number of likely N-dealkylation sites (tertiary alicyclic amines) is 1. The van der Waals surface area contributed by atoms with E-state index in [-0.39, 0.29) is 23.1 Å². The topological polar surface area (TPSA) is 120 Å². The number of thioether (sulfide) groups is 1. The highest BCUT2D eigenvalue weighted by Crippen LogP contribution is 2.16. The molecule has 0 saturated carbocycles. The Kier molecular flexibility index (Phi) is 7.85. The number of nitrogens with zero attached hydrogens (tertiary/aromatic N) is 1. The maximum atomic E-state index is 13.1. The molecule has 3 rings (SSSR count). The number of halogens is 1. The molecule has 168 valence electrons. The first-order valence-corrected chi connectivity index (χ1v) is 11.2. The van der Waals surface area contributed by atoms with Crippen molar-refractivity contribution in [3.8, 4) is 0 Å². The second-order valence-electron chi connectivity index (χ2n) is 7.44. The summed E-state index contributed by atoms with van der Waals surface area (Å²) in [5.74, 6) is -1.77. The van der Waals surface area contributed by atoms with Crippen molar-refractivity contribution < 1.29 is 23.6 Å². The van der Waals surface area contributed by atoms with Gasteiger partial charge < -0.3 is 20.9 Å². The highest BCUT2D eigenvalue weighted by Gasteiger charge is 2.38. The van der Waals surface area contributed by atoms with Gasteiger partial charge in [0.05, 0.1) is 5.75 Å². The zero-order chi connectivity index (χ0) is 22.4. The number of piperidine rings is 1. The van der Waals surface area contributed by atoms with Gasteiger partial charge in [-0.25, -0.2) is 4.39 Å². The lowest BCUT2D eigenvalue weighted by Crippen LogP contribution is -2.72. The van der Waals surface area contributed by atoms with Gasteiger partial charge in [-0.2, -0.15) is 0 Å². The predicted octanol–water partition coefficient (Wildman–Crippen LogP) is 0.135. The van der Waals surface area contributed by atoms with Crippen molar-refractivity contribution >= 4 is 35.4 Å². The van der Waals surface area contributed by atoms with Crippen molar-refractivity contribution in [2.45, 2.75) is 43.9 Å². The SMILES string of the molecule is CC(=O)NC1NC(SCC(=O)N2CCCCC2)NC(=O)C1NC(=O)c1ccc(F)cc1. The molecule has 3 atom stereocenters. The monoisotopic (exact) mass is 451 g/mol. The molecule has 1 aromatic rings. The summed E-state index contributed by atoms with van der Waals surface area (Å²) in [4.78, 5) is 51.0. The lowest BCUT2D eigenvalue weighted by atomic mass is 10.1. The van der Waals surface area contributed by atoms with E-state index >= 15 is 0 Å².